The molecule has 2 heterocycles. The summed E-state index contributed by atoms with van der Waals surface area (Å²) >= 11 is 6.00. The summed E-state index contributed by atoms with van der Waals surface area (Å²) in [6.45, 7) is 0. The van der Waals surface area contributed by atoms with Gasteiger partial charge in [0.2, 0.25) is 0 Å². The van der Waals surface area contributed by atoms with E-state index in [0.29, 0.717) is 27.6 Å². The third-order valence-electron chi connectivity index (χ3n) is 4.16. The van der Waals surface area contributed by atoms with Crippen LogP contribution in [0.5, 0.6) is 0 Å². The van der Waals surface area contributed by atoms with Gasteiger partial charge in [0, 0.05) is 16.3 Å². The molecule has 1 aliphatic heterocycles. The average molecular weight is 384 g/mol. The second-order valence-electron chi connectivity index (χ2n) is 5.90. The molecule has 1 amide bonds. The summed E-state index contributed by atoms with van der Waals surface area (Å²) in [6.07, 6.45) is 1.53. The number of aromatic carboxylic acids is 1. The fourth-order valence-corrected chi connectivity index (χ4v) is 3.04. The molecule has 0 spiro atoms. The minimum atomic E-state index is -1.17. The Hall–Kier alpha value is -3.38. The molecule has 1 aliphatic rings. The van der Waals surface area contributed by atoms with Crippen molar-refractivity contribution < 1.29 is 23.5 Å². The fraction of sp³-hybridized carbons (Fsp3) is 0. The van der Waals surface area contributed by atoms with Crippen LogP contribution < -0.4 is 5.32 Å². The summed E-state index contributed by atoms with van der Waals surface area (Å²) in [4.78, 5) is 23.3. The van der Waals surface area contributed by atoms with E-state index in [1.165, 1.54) is 24.3 Å². The predicted octanol–water partition coefficient (Wildman–Crippen LogP) is 4.93. The van der Waals surface area contributed by atoms with Crippen LogP contribution in [-0.4, -0.2) is 17.0 Å². The molecule has 0 saturated carbocycles. The van der Waals surface area contributed by atoms with Gasteiger partial charge in [0.15, 0.2) is 0 Å². The number of carboxylic acid groups (broad SMARTS) is 1. The number of hydrogen-bond acceptors (Lipinski definition) is 3. The topological polar surface area (TPSA) is 79.5 Å². The van der Waals surface area contributed by atoms with Crippen molar-refractivity contribution in [2.45, 2.75) is 0 Å². The van der Waals surface area contributed by atoms with Crippen molar-refractivity contribution in [2.75, 3.05) is 5.32 Å². The van der Waals surface area contributed by atoms with Crippen LogP contribution in [0.15, 0.2) is 52.9 Å². The largest absolute Gasteiger partial charge is 0.478 e. The summed E-state index contributed by atoms with van der Waals surface area (Å²) in [7, 11) is 0. The first-order valence-corrected chi connectivity index (χ1v) is 8.26. The highest BCUT2D eigenvalue weighted by molar-refractivity contribution is 6.36. The number of carboxylic acids is 1. The molecule has 0 aliphatic carbocycles. The van der Waals surface area contributed by atoms with Gasteiger partial charge in [-0.15, -0.1) is 0 Å². The van der Waals surface area contributed by atoms with Crippen molar-refractivity contribution in [3.05, 3.63) is 76.3 Å². The molecule has 2 N–H and O–H groups in total. The Labute approximate surface area is 157 Å². The van der Waals surface area contributed by atoms with E-state index >= 15 is 0 Å². The van der Waals surface area contributed by atoms with E-state index in [2.05, 4.69) is 5.32 Å². The van der Waals surface area contributed by atoms with E-state index in [4.69, 9.17) is 21.1 Å². The zero-order valence-corrected chi connectivity index (χ0v) is 14.4. The van der Waals surface area contributed by atoms with E-state index in [9.17, 15) is 14.0 Å². The molecule has 0 bridgehead atoms. The number of fused-ring (bicyclic) bond motifs is 1. The maximum Gasteiger partial charge on any atom is 0.335 e. The van der Waals surface area contributed by atoms with Gasteiger partial charge in [-0.05, 0) is 54.6 Å². The third-order valence-corrected chi connectivity index (χ3v) is 4.39. The second-order valence-corrected chi connectivity index (χ2v) is 6.34. The number of benzene rings is 2. The van der Waals surface area contributed by atoms with Crippen molar-refractivity contribution in [3.8, 4) is 11.3 Å². The number of furan rings is 1. The normalized spacial score (nSPS) is 14.3. The Morgan fingerprint density at radius 2 is 1.93 bits per heavy atom. The van der Waals surface area contributed by atoms with Crippen LogP contribution in [0, 0.1) is 5.82 Å². The van der Waals surface area contributed by atoms with Gasteiger partial charge in [-0.1, -0.05) is 11.6 Å². The van der Waals surface area contributed by atoms with Crippen molar-refractivity contribution in [3.63, 3.8) is 0 Å². The average Bonchev–Trinajstić information content (AvgIpc) is 3.21. The molecule has 2 aromatic carbocycles. The summed E-state index contributed by atoms with van der Waals surface area (Å²) in [5.41, 5.74) is 1.63. The summed E-state index contributed by atoms with van der Waals surface area (Å²) < 4.78 is 19.7. The maximum absolute atomic E-state index is 14.1. The first-order chi connectivity index (χ1) is 12.9. The number of rotatable bonds is 3. The number of nitrogens with one attached hydrogen (secondary N) is 1. The van der Waals surface area contributed by atoms with Gasteiger partial charge < -0.3 is 14.8 Å². The molecule has 4 rings (SSSR count). The zero-order chi connectivity index (χ0) is 19.1. The summed E-state index contributed by atoms with van der Waals surface area (Å²) in [6, 6.07) is 11.6. The van der Waals surface area contributed by atoms with Crippen molar-refractivity contribution in [1.29, 1.82) is 0 Å². The van der Waals surface area contributed by atoms with Gasteiger partial charge in [-0.2, -0.15) is 0 Å². The van der Waals surface area contributed by atoms with Crippen LogP contribution in [0.1, 0.15) is 21.7 Å². The minimum Gasteiger partial charge on any atom is -0.478 e. The number of amides is 1. The molecule has 3 aromatic rings. The maximum atomic E-state index is 14.1. The van der Waals surface area contributed by atoms with Crippen molar-refractivity contribution >= 4 is 40.8 Å². The van der Waals surface area contributed by atoms with Gasteiger partial charge in [0.1, 0.15) is 17.3 Å². The Balaban J connectivity index is 1.74. The molecule has 0 unspecified atom stereocenters. The predicted molar refractivity (Wildman–Crippen MR) is 99.0 cm³/mol. The van der Waals surface area contributed by atoms with Crippen LogP contribution in [0.25, 0.3) is 23.0 Å². The van der Waals surface area contributed by atoms with Gasteiger partial charge in [0.05, 0.1) is 16.7 Å². The monoisotopic (exact) mass is 383 g/mol. The molecule has 7 heteroatoms. The van der Waals surface area contributed by atoms with Gasteiger partial charge >= 0.3 is 5.97 Å². The number of anilines is 1. The van der Waals surface area contributed by atoms with Crippen LogP contribution in [0.4, 0.5) is 10.1 Å². The molecule has 0 atom stereocenters. The first kappa shape index (κ1) is 17.1. The van der Waals surface area contributed by atoms with Gasteiger partial charge in [-0.3, -0.25) is 4.79 Å². The van der Waals surface area contributed by atoms with Crippen molar-refractivity contribution in [2.24, 2.45) is 0 Å². The number of carbonyl (C=O) groups is 2. The highest BCUT2D eigenvalue weighted by atomic mass is 35.5. The molecule has 5 nitrogen and oxygen atoms in total. The molecular weight excluding hydrogens is 373 g/mol. The lowest BCUT2D eigenvalue weighted by atomic mass is 10.1. The number of carbonyl (C=O) groups excluding carboxylic acids is 1. The van der Waals surface area contributed by atoms with E-state index < -0.39 is 11.8 Å². The fourth-order valence-electron chi connectivity index (χ4n) is 2.87. The summed E-state index contributed by atoms with van der Waals surface area (Å²) in [5, 5.41) is 12.3. The van der Waals surface area contributed by atoms with Gasteiger partial charge in [0.25, 0.3) is 5.91 Å². The van der Waals surface area contributed by atoms with E-state index in [1.54, 1.807) is 24.3 Å². The number of hydrogen-bond donors (Lipinski definition) is 2. The molecule has 134 valence electrons. The smallest absolute Gasteiger partial charge is 0.335 e. The molecule has 0 fully saturated rings. The summed E-state index contributed by atoms with van der Waals surface area (Å²) in [5.74, 6) is -1.59. The van der Waals surface area contributed by atoms with Crippen LogP contribution in [0.2, 0.25) is 5.02 Å². The highest BCUT2D eigenvalue weighted by Gasteiger charge is 2.25. The molecule has 0 saturated heterocycles. The standard InChI is InChI=1S/C20H11ClFNO4/c21-11-2-5-17-13(8-11)14(19(24)23-17)9-12-3-6-18(27-12)15-7-10(20(25)26)1-4-16(15)22/h1-9H,(H,23,24)(H,25,26). The lowest BCUT2D eigenvalue weighted by Gasteiger charge is -2.02. The quantitative estimate of drug-likeness (QED) is 0.628. The SMILES string of the molecule is O=C1Nc2ccc(Cl)cc2C1=Cc1ccc(-c2cc(C(=O)O)ccc2F)o1. The lowest BCUT2D eigenvalue weighted by molar-refractivity contribution is -0.110. The molecular formula is C20H11ClFNO4. The van der Waals surface area contributed by atoms with Crippen LogP contribution >= 0.6 is 11.6 Å². The Morgan fingerprint density at radius 1 is 1.11 bits per heavy atom. The second kappa shape index (κ2) is 6.41. The van der Waals surface area contributed by atoms with Crippen LogP contribution in [-0.2, 0) is 4.79 Å². The van der Waals surface area contributed by atoms with Gasteiger partial charge in [-0.25, -0.2) is 9.18 Å². The zero-order valence-electron chi connectivity index (χ0n) is 13.6. The molecule has 0 radical (unpaired) electrons. The lowest BCUT2D eigenvalue weighted by Crippen LogP contribution is -2.03. The minimum absolute atomic E-state index is 0.0267. The van der Waals surface area contributed by atoms with E-state index in [-0.39, 0.29) is 22.8 Å². The van der Waals surface area contributed by atoms with Crippen molar-refractivity contribution in [1.82, 2.24) is 0 Å². The van der Waals surface area contributed by atoms with Crippen LogP contribution in [0.3, 0.4) is 0 Å². The number of halogens is 2. The first-order valence-electron chi connectivity index (χ1n) is 7.88. The van der Waals surface area contributed by atoms with E-state index in [0.717, 1.165) is 6.07 Å². The highest BCUT2D eigenvalue weighted by Crippen LogP contribution is 2.36. The Morgan fingerprint density at radius 3 is 2.70 bits per heavy atom. The van der Waals surface area contributed by atoms with E-state index in [1.807, 2.05) is 0 Å². The molecule has 1 aromatic heterocycles. The third kappa shape index (κ3) is 3.11. The molecule has 27 heavy (non-hydrogen) atoms. The Bertz CT molecular complexity index is 1130. The Kier molecular flexibility index (Phi) is 4.05.